The fourth-order valence-corrected chi connectivity index (χ4v) is 2.61. The predicted octanol–water partition coefficient (Wildman–Crippen LogP) is 3.80. The lowest BCUT2D eigenvalue weighted by Gasteiger charge is -2.23. The van der Waals surface area contributed by atoms with E-state index in [1.54, 1.807) is 18.2 Å². The molecular formula is C13H14Cl2FN3O. The molecule has 0 aliphatic heterocycles. The van der Waals surface area contributed by atoms with E-state index in [9.17, 15) is 9.50 Å². The predicted molar refractivity (Wildman–Crippen MR) is 75.3 cm³/mol. The molecule has 0 saturated carbocycles. The highest BCUT2D eigenvalue weighted by molar-refractivity contribution is 6.35. The summed E-state index contributed by atoms with van der Waals surface area (Å²) in [5, 5.41) is 15.0. The molecule has 108 valence electrons. The Morgan fingerprint density at radius 3 is 2.70 bits per heavy atom. The highest BCUT2D eigenvalue weighted by Crippen LogP contribution is 2.34. The number of aromatic nitrogens is 3. The lowest BCUT2D eigenvalue weighted by atomic mass is 9.99. The van der Waals surface area contributed by atoms with E-state index in [2.05, 4.69) is 10.1 Å². The van der Waals surface area contributed by atoms with Crippen LogP contribution in [0.3, 0.4) is 0 Å². The molecule has 2 unspecified atom stereocenters. The summed E-state index contributed by atoms with van der Waals surface area (Å²) >= 11 is 11.9. The van der Waals surface area contributed by atoms with E-state index >= 15 is 0 Å². The number of aliphatic hydroxyl groups excluding tert-OH is 1. The molecule has 2 rings (SSSR count). The quantitative estimate of drug-likeness (QED) is 0.912. The minimum atomic E-state index is -0.916. The van der Waals surface area contributed by atoms with Gasteiger partial charge in [0.25, 0.3) is 0 Å². The number of rotatable bonds is 5. The van der Waals surface area contributed by atoms with Crippen molar-refractivity contribution in [1.82, 2.24) is 14.8 Å². The molecule has 7 heteroatoms. The van der Waals surface area contributed by atoms with Gasteiger partial charge in [0.05, 0.1) is 6.04 Å². The van der Waals surface area contributed by atoms with Crippen LogP contribution in [-0.4, -0.2) is 19.9 Å². The van der Waals surface area contributed by atoms with Crippen LogP contribution < -0.4 is 0 Å². The SMILES string of the molecule is CCCC(C(O)c1ccc(Cl)cc1Cl)n1cnc(F)n1. The third kappa shape index (κ3) is 3.29. The summed E-state index contributed by atoms with van der Waals surface area (Å²) in [6.07, 6.45) is 0.946. The molecule has 20 heavy (non-hydrogen) atoms. The Bertz CT molecular complexity index is 591. The second-order valence-electron chi connectivity index (χ2n) is 4.46. The van der Waals surface area contributed by atoms with Gasteiger partial charge in [-0.15, -0.1) is 5.10 Å². The van der Waals surface area contributed by atoms with Crippen LogP contribution in [0.2, 0.25) is 10.0 Å². The van der Waals surface area contributed by atoms with Crippen LogP contribution >= 0.6 is 23.2 Å². The fraction of sp³-hybridized carbons (Fsp3) is 0.385. The Kier molecular flexibility index (Phi) is 4.96. The van der Waals surface area contributed by atoms with E-state index in [4.69, 9.17) is 23.2 Å². The van der Waals surface area contributed by atoms with E-state index < -0.39 is 18.2 Å². The van der Waals surface area contributed by atoms with Crippen LogP contribution in [0.1, 0.15) is 37.5 Å². The smallest absolute Gasteiger partial charge is 0.327 e. The molecule has 4 nitrogen and oxygen atoms in total. The summed E-state index contributed by atoms with van der Waals surface area (Å²) < 4.78 is 14.3. The molecule has 1 aromatic carbocycles. The zero-order valence-electron chi connectivity index (χ0n) is 10.8. The van der Waals surface area contributed by atoms with Crippen molar-refractivity contribution in [2.45, 2.75) is 31.9 Å². The van der Waals surface area contributed by atoms with Crippen molar-refractivity contribution in [3.05, 3.63) is 46.2 Å². The van der Waals surface area contributed by atoms with E-state index in [-0.39, 0.29) is 0 Å². The summed E-state index contributed by atoms with van der Waals surface area (Å²) in [4.78, 5) is 3.45. The van der Waals surface area contributed by atoms with Crippen molar-refractivity contribution in [3.63, 3.8) is 0 Å². The maximum atomic E-state index is 13.0. The first kappa shape index (κ1) is 15.2. The summed E-state index contributed by atoms with van der Waals surface area (Å²) in [6.45, 7) is 1.97. The summed E-state index contributed by atoms with van der Waals surface area (Å²) in [5.74, 6) is 0. The highest BCUT2D eigenvalue weighted by Gasteiger charge is 2.25. The minimum Gasteiger partial charge on any atom is -0.386 e. The molecule has 0 radical (unpaired) electrons. The Morgan fingerprint density at radius 1 is 1.40 bits per heavy atom. The van der Waals surface area contributed by atoms with E-state index in [0.29, 0.717) is 22.0 Å². The molecule has 0 aliphatic rings. The van der Waals surface area contributed by atoms with E-state index in [1.165, 1.54) is 11.0 Å². The van der Waals surface area contributed by atoms with Crippen molar-refractivity contribution >= 4 is 23.2 Å². The van der Waals surface area contributed by atoms with Crippen molar-refractivity contribution in [2.24, 2.45) is 0 Å². The number of hydrogen-bond donors (Lipinski definition) is 1. The number of benzene rings is 1. The lowest BCUT2D eigenvalue weighted by molar-refractivity contribution is 0.0994. The van der Waals surface area contributed by atoms with E-state index in [0.717, 1.165) is 6.42 Å². The number of hydrogen-bond acceptors (Lipinski definition) is 3. The van der Waals surface area contributed by atoms with Gasteiger partial charge in [0.2, 0.25) is 0 Å². The van der Waals surface area contributed by atoms with Crippen LogP contribution in [0.5, 0.6) is 0 Å². The van der Waals surface area contributed by atoms with Crippen LogP contribution in [0.4, 0.5) is 4.39 Å². The molecule has 0 aliphatic carbocycles. The van der Waals surface area contributed by atoms with Gasteiger partial charge in [-0.3, -0.25) is 0 Å². The first-order valence-corrected chi connectivity index (χ1v) is 6.98. The second-order valence-corrected chi connectivity index (χ2v) is 5.30. The largest absolute Gasteiger partial charge is 0.386 e. The molecule has 0 saturated heterocycles. The van der Waals surface area contributed by atoms with Gasteiger partial charge < -0.3 is 5.11 Å². The summed E-state index contributed by atoms with van der Waals surface area (Å²) in [6, 6.07) is 4.44. The molecule has 0 amide bonds. The molecular weight excluding hydrogens is 304 g/mol. The van der Waals surface area contributed by atoms with Crippen LogP contribution in [-0.2, 0) is 0 Å². The normalized spacial score (nSPS) is 14.2. The molecule has 2 atom stereocenters. The van der Waals surface area contributed by atoms with Crippen molar-refractivity contribution in [3.8, 4) is 0 Å². The summed E-state index contributed by atoms with van der Waals surface area (Å²) in [7, 11) is 0. The van der Waals surface area contributed by atoms with Gasteiger partial charge in [0.15, 0.2) is 0 Å². The maximum absolute atomic E-state index is 13.0. The average molecular weight is 318 g/mol. The number of aliphatic hydroxyl groups is 1. The second kappa shape index (κ2) is 6.52. The molecule has 1 aromatic heterocycles. The van der Waals surface area contributed by atoms with Gasteiger partial charge in [-0.05, 0) is 18.6 Å². The fourth-order valence-electron chi connectivity index (χ4n) is 2.09. The minimum absolute atomic E-state index is 0.367. The topological polar surface area (TPSA) is 50.9 Å². The Morgan fingerprint density at radius 2 is 2.15 bits per heavy atom. The molecule has 1 heterocycles. The van der Waals surface area contributed by atoms with Crippen molar-refractivity contribution in [1.29, 1.82) is 0 Å². The zero-order chi connectivity index (χ0) is 14.7. The first-order valence-electron chi connectivity index (χ1n) is 6.22. The number of halogens is 3. The van der Waals surface area contributed by atoms with Gasteiger partial charge in [-0.1, -0.05) is 42.6 Å². The number of nitrogens with zero attached hydrogens (tertiary/aromatic N) is 3. The highest BCUT2D eigenvalue weighted by atomic mass is 35.5. The average Bonchev–Trinajstić information content (AvgIpc) is 2.81. The molecule has 0 spiro atoms. The monoisotopic (exact) mass is 317 g/mol. The Labute approximate surface area is 126 Å². The maximum Gasteiger partial charge on any atom is 0.327 e. The Hall–Kier alpha value is -1.17. The lowest BCUT2D eigenvalue weighted by Crippen LogP contribution is -2.19. The van der Waals surface area contributed by atoms with Gasteiger partial charge in [-0.2, -0.15) is 9.37 Å². The van der Waals surface area contributed by atoms with Gasteiger partial charge >= 0.3 is 6.08 Å². The van der Waals surface area contributed by atoms with Gasteiger partial charge in [0, 0.05) is 15.6 Å². The Balaban J connectivity index is 2.33. The summed E-state index contributed by atoms with van der Waals surface area (Å²) in [5.41, 5.74) is 0.533. The van der Waals surface area contributed by atoms with Crippen LogP contribution in [0.15, 0.2) is 24.5 Å². The van der Waals surface area contributed by atoms with Crippen molar-refractivity contribution in [2.75, 3.05) is 0 Å². The van der Waals surface area contributed by atoms with Crippen LogP contribution in [0.25, 0.3) is 0 Å². The third-order valence-electron chi connectivity index (χ3n) is 3.05. The standard InChI is InChI=1S/C13H14Cl2FN3O/c1-2-3-11(19-7-17-13(16)18-19)12(20)9-5-4-8(14)6-10(9)15/h4-7,11-12,20H,2-3H2,1H3. The van der Waals surface area contributed by atoms with Crippen LogP contribution in [0, 0.1) is 6.08 Å². The molecule has 1 N–H and O–H groups in total. The first-order chi connectivity index (χ1) is 9.52. The zero-order valence-corrected chi connectivity index (χ0v) is 12.3. The van der Waals surface area contributed by atoms with Gasteiger partial charge in [0.1, 0.15) is 12.4 Å². The molecule has 0 bridgehead atoms. The molecule has 0 fully saturated rings. The van der Waals surface area contributed by atoms with Crippen molar-refractivity contribution < 1.29 is 9.50 Å². The molecule has 2 aromatic rings. The van der Waals surface area contributed by atoms with E-state index in [1.807, 2.05) is 6.92 Å². The third-order valence-corrected chi connectivity index (χ3v) is 3.61. The van der Waals surface area contributed by atoms with Gasteiger partial charge in [-0.25, -0.2) is 4.68 Å².